The van der Waals surface area contributed by atoms with Crippen molar-refractivity contribution in [3.63, 3.8) is 0 Å². The summed E-state index contributed by atoms with van der Waals surface area (Å²) in [6, 6.07) is 8.30. The minimum absolute atomic E-state index is 0.00794. The molecule has 3 N–H and O–H groups in total. The zero-order valence-corrected chi connectivity index (χ0v) is 11.3. The van der Waals surface area contributed by atoms with Gasteiger partial charge in [0.05, 0.1) is 0 Å². The molecule has 0 saturated carbocycles. The standard InChI is InChI=1S/C14H23N3O/c1-3-17(2)11-13-6-4-5-12(9-13)10-16-14(18)7-8-15/h4-6,9H,3,7-8,10-11,15H2,1-2H3,(H,16,18). The molecule has 0 bridgehead atoms. The smallest absolute Gasteiger partial charge is 0.221 e. The summed E-state index contributed by atoms with van der Waals surface area (Å²) in [6.07, 6.45) is 0.387. The number of benzene rings is 1. The van der Waals surface area contributed by atoms with Gasteiger partial charge in [-0.2, -0.15) is 0 Å². The summed E-state index contributed by atoms with van der Waals surface area (Å²) < 4.78 is 0. The highest BCUT2D eigenvalue weighted by atomic mass is 16.1. The average Bonchev–Trinajstić information content (AvgIpc) is 2.37. The molecule has 4 heteroatoms. The van der Waals surface area contributed by atoms with Crippen molar-refractivity contribution in [3.8, 4) is 0 Å². The third-order valence-corrected chi connectivity index (χ3v) is 2.84. The molecular formula is C14H23N3O. The first-order valence-corrected chi connectivity index (χ1v) is 6.38. The zero-order valence-electron chi connectivity index (χ0n) is 11.3. The van der Waals surface area contributed by atoms with Gasteiger partial charge in [-0.1, -0.05) is 31.2 Å². The lowest BCUT2D eigenvalue weighted by atomic mass is 10.1. The molecule has 0 aromatic heterocycles. The van der Waals surface area contributed by atoms with E-state index in [0.29, 0.717) is 19.5 Å². The Kier molecular flexibility index (Phi) is 6.39. The minimum Gasteiger partial charge on any atom is -0.352 e. The van der Waals surface area contributed by atoms with Gasteiger partial charge in [0.1, 0.15) is 0 Å². The summed E-state index contributed by atoms with van der Waals surface area (Å²) in [5.74, 6) is 0.00794. The Morgan fingerprint density at radius 1 is 1.39 bits per heavy atom. The molecule has 0 aliphatic rings. The Bertz CT molecular complexity index is 379. The molecule has 0 saturated heterocycles. The van der Waals surface area contributed by atoms with Gasteiger partial charge in [-0.15, -0.1) is 0 Å². The minimum atomic E-state index is 0.00794. The number of rotatable bonds is 7. The number of hydrogen-bond donors (Lipinski definition) is 2. The fraction of sp³-hybridized carbons (Fsp3) is 0.500. The van der Waals surface area contributed by atoms with Crippen LogP contribution in [0.2, 0.25) is 0 Å². The van der Waals surface area contributed by atoms with Crippen LogP contribution in [0.3, 0.4) is 0 Å². The number of nitrogens with two attached hydrogens (primary N) is 1. The highest BCUT2D eigenvalue weighted by Gasteiger charge is 2.02. The van der Waals surface area contributed by atoms with Crippen LogP contribution in [0.15, 0.2) is 24.3 Å². The van der Waals surface area contributed by atoms with Crippen molar-refractivity contribution in [3.05, 3.63) is 35.4 Å². The SMILES string of the molecule is CCN(C)Cc1cccc(CNC(=O)CCN)c1. The summed E-state index contributed by atoms with van der Waals surface area (Å²) in [5, 5.41) is 2.86. The first kappa shape index (κ1) is 14.7. The van der Waals surface area contributed by atoms with Gasteiger partial charge in [-0.25, -0.2) is 0 Å². The highest BCUT2D eigenvalue weighted by Crippen LogP contribution is 2.07. The maximum absolute atomic E-state index is 11.3. The first-order valence-electron chi connectivity index (χ1n) is 6.38. The molecule has 0 atom stereocenters. The Balaban J connectivity index is 2.51. The molecule has 1 amide bonds. The van der Waals surface area contributed by atoms with E-state index in [4.69, 9.17) is 5.73 Å². The van der Waals surface area contributed by atoms with E-state index in [1.165, 1.54) is 5.56 Å². The summed E-state index contributed by atoms with van der Waals surface area (Å²) in [4.78, 5) is 13.6. The van der Waals surface area contributed by atoms with Gasteiger partial charge >= 0.3 is 0 Å². The Morgan fingerprint density at radius 2 is 2.11 bits per heavy atom. The van der Waals surface area contributed by atoms with Crippen LogP contribution in [-0.4, -0.2) is 30.9 Å². The van der Waals surface area contributed by atoms with Crippen molar-refractivity contribution in [1.29, 1.82) is 0 Å². The van der Waals surface area contributed by atoms with Gasteiger partial charge in [0, 0.05) is 26.1 Å². The normalized spacial score (nSPS) is 10.7. The molecule has 4 nitrogen and oxygen atoms in total. The van der Waals surface area contributed by atoms with Crippen molar-refractivity contribution < 1.29 is 4.79 Å². The average molecular weight is 249 g/mol. The lowest BCUT2D eigenvalue weighted by molar-refractivity contribution is -0.121. The van der Waals surface area contributed by atoms with Gasteiger partial charge in [0.25, 0.3) is 0 Å². The second kappa shape index (κ2) is 7.84. The number of carbonyl (C=O) groups is 1. The van der Waals surface area contributed by atoms with Crippen LogP contribution in [0.5, 0.6) is 0 Å². The third kappa shape index (κ3) is 5.29. The Labute approximate surface area is 109 Å². The van der Waals surface area contributed by atoms with E-state index in [2.05, 4.69) is 36.3 Å². The summed E-state index contributed by atoms with van der Waals surface area (Å²) in [7, 11) is 2.09. The highest BCUT2D eigenvalue weighted by molar-refractivity contribution is 5.76. The molecule has 1 aromatic rings. The Hall–Kier alpha value is -1.39. The van der Waals surface area contributed by atoms with E-state index in [1.54, 1.807) is 0 Å². The van der Waals surface area contributed by atoms with Crippen molar-refractivity contribution in [1.82, 2.24) is 10.2 Å². The molecule has 0 aliphatic carbocycles. The molecular weight excluding hydrogens is 226 g/mol. The quantitative estimate of drug-likeness (QED) is 0.761. The predicted octanol–water partition coefficient (Wildman–Crippen LogP) is 1.10. The molecule has 1 aromatic carbocycles. The molecule has 0 aliphatic heterocycles. The van der Waals surface area contributed by atoms with Crippen LogP contribution >= 0.6 is 0 Å². The van der Waals surface area contributed by atoms with E-state index in [0.717, 1.165) is 18.7 Å². The molecule has 1 rings (SSSR count). The number of nitrogens with zero attached hydrogens (tertiary/aromatic N) is 1. The molecule has 0 radical (unpaired) electrons. The van der Waals surface area contributed by atoms with Crippen LogP contribution < -0.4 is 11.1 Å². The molecule has 100 valence electrons. The number of nitrogens with one attached hydrogen (secondary N) is 1. The van der Waals surface area contributed by atoms with Crippen molar-refractivity contribution in [2.75, 3.05) is 20.1 Å². The number of hydrogen-bond acceptors (Lipinski definition) is 3. The summed E-state index contributed by atoms with van der Waals surface area (Å²) in [5.41, 5.74) is 7.72. The summed E-state index contributed by atoms with van der Waals surface area (Å²) in [6.45, 7) is 5.06. The fourth-order valence-electron chi connectivity index (χ4n) is 1.68. The van der Waals surface area contributed by atoms with Crippen molar-refractivity contribution in [2.24, 2.45) is 5.73 Å². The first-order chi connectivity index (χ1) is 8.65. The lowest BCUT2D eigenvalue weighted by Gasteiger charge is -2.14. The molecule has 18 heavy (non-hydrogen) atoms. The largest absolute Gasteiger partial charge is 0.352 e. The van der Waals surface area contributed by atoms with Crippen LogP contribution in [-0.2, 0) is 17.9 Å². The van der Waals surface area contributed by atoms with Gasteiger partial charge in [-0.3, -0.25) is 4.79 Å². The second-order valence-electron chi connectivity index (χ2n) is 4.47. The fourth-order valence-corrected chi connectivity index (χ4v) is 1.68. The van der Waals surface area contributed by atoms with Gasteiger partial charge in [-0.05, 0) is 24.7 Å². The molecule has 0 fully saturated rings. The maximum atomic E-state index is 11.3. The Morgan fingerprint density at radius 3 is 2.78 bits per heavy atom. The number of carbonyl (C=O) groups excluding carboxylic acids is 1. The second-order valence-corrected chi connectivity index (χ2v) is 4.47. The van der Waals surface area contributed by atoms with Crippen LogP contribution in [0, 0.1) is 0 Å². The predicted molar refractivity (Wildman–Crippen MR) is 74.0 cm³/mol. The molecule has 0 heterocycles. The third-order valence-electron chi connectivity index (χ3n) is 2.84. The topological polar surface area (TPSA) is 58.4 Å². The monoisotopic (exact) mass is 249 g/mol. The van der Waals surface area contributed by atoms with Crippen LogP contribution in [0.1, 0.15) is 24.5 Å². The van der Waals surface area contributed by atoms with Crippen molar-refractivity contribution >= 4 is 5.91 Å². The van der Waals surface area contributed by atoms with Gasteiger partial charge < -0.3 is 16.0 Å². The van der Waals surface area contributed by atoms with Crippen LogP contribution in [0.4, 0.5) is 0 Å². The van der Waals surface area contributed by atoms with E-state index in [-0.39, 0.29) is 5.91 Å². The van der Waals surface area contributed by atoms with E-state index >= 15 is 0 Å². The maximum Gasteiger partial charge on any atom is 0.221 e. The van der Waals surface area contributed by atoms with E-state index in [9.17, 15) is 4.79 Å². The lowest BCUT2D eigenvalue weighted by Crippen LogP contribution is -2.25. The zero-order chi connectivity index (χ0) is 13.4. The number of amides is 1. The summed E-state index contributed by atoms with van der Waals surface area (Å²) >= 11 is 0. The molecule has 0 spiro atoms. The van der Waals surface area contributed by atoms with E-state index in [1.807, 2.05) is 12.1 Å². The van der Waals surface area contributed by atoms with Gasteiger partial charge in [0.15, 0.2) is 0 Å². The van der Waals surface area contributed by atoms with E-state index < -0.39 is 0 Å². The molecule has 0 unspecified atom stereocenters. The van der Waals surface area contributed by atoms with Gasteiger partial charge in [0.2, 0.25) is 5.91 Å². The van der Waals surface area contributed by atoms with Crippen molar-refractivity contribution in [2.45, 2.75) is 26.4 Å². The van der Waals surface area contributed by atoms with Crippen LogP contribution in [0.25, 0.3) is 0 Å².